The van der Waals surface area contributed by atoms with Gasteiger partial charge < -0.3 is 0 Å². The molecule has 0 nitrogen and oxygen atoms in total. The number of hydrogen-bond acceptors (Lipinski definition) is 0. The second-order valence-electron chi connectivity index (χ2n) is 3.02. The Hall–Kier alpha value is 0.240. The van der Waals surface area contributed by atoms with Crippen molar-refractivity contribution in [1.82, 2.24) is 0 Å². The second kappa shape index (κ2) is 5.86. The van der Waals surface area contributed by atoms with Crippen LogP contribution in [0.3, 0.4) is 0 Å². The molecule has 0 aliphatic carbocycles. The standard InChI is InChI=1S/C11H14ClI/c1-2-10-9(6-4-8-12)5-3-7-11(10)13/h3,5,7H,2,4,6,8H2,1H3. The molecule has 0 saturated carbocycles. The lowest BCUT2D eigenvalue weighted by Gasteiger charge is -2.08. The highest BCUT2D eigenvalue weighted by Gasteiger charge is 2.03. The minimum Gasteiger partial charge on any atom is -0.127 e. The molecule has 0 aromatic heterocycles. The van der Waals surface area contributed by atoms with E-state index in [1.54, 1.807) is 0 Å². The van der Waals surface area contributed by atoms with Crippen LogP contribution in [0.4, 0.5) is 0 Å². The second-order valence-corrected chi connectivity index (χ2v) is 4.56. The van der Waals surface area contributed by atoms with Gasteiger partial charge in [-0.3, -0.25) is 0 Å². The summed E-state index contributed by atoms with van der Waals surface area (Å²) in [7, 11) is 0. The quantitative estimate of drug-likeness (QED) is 0.582. The number of hydrogen-bond donors (Lipinski definition) is 0. The highest BCUT2D eigenvalue weighted by molar-refractivity contribution is 14.1. The molecule has 2 heteroatoms. The van der Waals surface area contributed by atoms with Crippen LogP contribution in [-0.4, -0.2) is 5.88 Å². The van der Waals surface area contributed by atoms with Crippen LogP contribution in [0.1, 0.15) is 24.5 Å². The van der Waals surface area contributed by atoms with Gasteiger partial charge in [0.1, 0.15) is 0 Å². The zero-order valence-electron chi connectivity index (χ0n) is 7.82. The van der Waals surface area contributed by atoms with E-state index in [4.69, 9.17) is 11.6 Å². The third kappa shape index (κ3) is 3.13. The molecule has 1 rings (SSSR count). The molecule has 13 heavy (non-hydrogen) atoms. The van der Waals surface area contributed by atoms with E-state index in [-0.39, 0.29) is 0 Å². The fourth-order valence-electron chi connectivity index (χ4n) is 1.49. The molecular formula is C11H14ClI. The average Bonchev–Trinajstić information content (AvgIpc) is 2.15. The van der Waals surface area contributed by atoms with E-state index < -0.39 is 0 Å². The van der Waals surface area contributed by atoms with Crippen molar-refractivity contribution in [1.29, 1.82) is 0 Å². The molecule has 0 N–H and O–H groups in total. The Morgan fingerprint density at radius 3 is 2.77 bits per heavy atom. The topological polar surface area (TPSA) is 0 Å². The van der Waals surface area contributed by atoms with Crippen LogP contribution in [0.25, 0.3) is 0 Å². The van der Waals surface area contributed by atoms with E-state index in [9.17, 15) is 0 Å². The van der Waals surface area contributed by atoms with E-state index in [0.717, 1.165) is 25.1 Å². The van der Waals surface area contributed by atoms with Crippen LogP contribution >= 0.6 is 34.2 Å². The molecule has 0 bridgehead atoms. The Morgan fingerprint density at radius 2 is 2.15 bits per heavy atom. The molecule has 0 aliphatic heterocycles. The Balaban J connectivity index is 2.85. The molecular weight excluding hydrogens is 294 g/mol. The number of alkyl halides is 1. The summed E-state index contributed by atoms with van der Waals surface area (Å²) in [5, 5.41) is 0. The van der Waals surface area contributed by atoms with Gasteiger partial charge in [-0.1, -0.05) is 19.1 Å². The van der Waals surface area contributed by atoms with Crippen LogP contribution in [0.2, 0.25) is 0 Å². The summed E-state index contributed by atoms with van der Waals surface area (Å²) in [6.07, 6.45) is 3.31. The summed E-state index contributed by atoms with van der Waals surface area (Å²) in [6, 6.07) is 6.52. The van der Waals surface area contributed by atoms with E-state index in [2.05, 4.69) is 47.7 Å². The lowest BCUT2D eigenvalue weighted by Crippen LogP contribution is -1.96. The highest BCUT2D eigenvalue weighted by Crippen LogP contribution is 2.19. The molecule has 0 amide bonds. The number of benzene rings is 1. The van der Waals surface area contributed by atoms with Crippen LogP contribution < -0.4 is 0 Å². The SMILES string of the molecule is CCc1c(I)cccc1CCCCl. The van der Waals surface area contributed by atoms with Crippen molar-refractivity contribution >= 4 is 34.2 Å². The zero-order chi connectivity index (χ0) is 9.68. The van der Waals surface area contributed by atoms with Crippen molar-refractivity contribution in [3.63, 3.8) is 0 Å². The molecule has 1 aromatic carbocycles. The first-order valence-corrected chi connectivity index (χ1v) is 6.23. The largest absolute Gasteiger partial charge is 0.127 e. The van der Waals surface area contributed by atoms with Crippen LogP contribution in [-0.2, 0) is 12.8 Å². The van der Waals surface area contributed by atoms with Crippen molar-refractivity contribution in [2.24, 2.45) is 0 Å². The first-order valence-electron chi connectivity index (χ1n) is 4.61. The van der Waals surface area contributed by atoms with Gasteiger partial charge in [0.15, 0.2) is 0 Å². The predicted octanol–water partition coefficient (Wildman–Crippen LogP) is 4.03. The van der Waals surface area contributed by atoms with Gasteiger partial charge in [0.05, 0.1) is 0 Å². The van der Waals surface area contributed by atoms with Crippen molar-refractivity contribution in [2.45, 2.75) is 26.2 Å². The van der Waals surface area contributed by atoms with Gasteiger partial charge in [-0.05, 0) is 59.0 Å². The summed E-state index contributed by atoms with van der Waals surface area (Å²) in [4.78, 5) is 0. The Morgan fingerprint density at radius 1 is 1.38 bits per heavy atom. The van der Waals surface area contributed by atoms with E-state index in [1.807, 2.05) is 0 Å². The number of aryl methyl sites for hydroxylation is 1. The molecule has 0 heterocycles. The Bertz CT molecular complexity index is 271. The van der Waals surface area contributed by atoms with Crippen molar-refractivity contribution in [3.8, 4) is 0 Å². The van der Waals surface area contributed by atoms with Gasteiger partial charge in [0, 0.05) is 9.45 Å². The van der Waals surface area contributed by atoms with Crippen LogP contribution in [0.5, 0.6) is 0 Å². The van der Waals surface area contributed by atoms with Gasteiger partial charge in [0.2, 0.25) is 0 Å². The fraction of sp³-hybridized carbons (Fsp3) is 0.455. The average molecular weight is 309 g/mol. The van der Waals surface area contributed by atoms with E-state index in [1.165, 1.54) is 14.7 Å². The molecule has 0 spiro atoms. The minimum absolute atomic E-state index is 0.759. The normalized spacial score (nSPS) is 10.4. The van der Waals surface area contributed by atoms with Gasteiger partial charge in [0.25, 0.3) is 0 Å². The third-order valence-corrected chi connectivity index (χ3v) is 3.43. The predicted molar refractivity (Wildman–Crippen MR) is 67.6 cm³/mol. The first-order chi connectivity index (χ1) is 6.29. The molecule has 0 radical (unpaired) electrons. The molecule has 0 unspecified atom stereocenters. The first kappa shape index (κ1) is 11.3. The molecule has 72 valence electrons. The van der Waals surface area contributed by atoms with Crippen molar-refractivity contribution in [2.75, 3.05) is 5.88 Å². The highest BCUT2D eigenvalue weighted by atomic mass is 127. The third-order valence-electron chi connectivity index (χ3n) is 2.15. The van der Waals surface area contributed by atoms with Gasteiger partial charge in [-0.2, -0.15) is 0 Å². The maximum absolute atomic E-state index is 5.68. The zero-order valence-corrected chi connectivity index (χ0v) is 10.7. The Kier molecular flexibility index (Phi) is 5.10. The van der Waals surface area contributed by atoms with E-state index in [0.29, 0.717) is 0 Å². The lowest BCUT2D eigenvalue weighted by atomic mass is 10.0. The number of halogens is 2. The number of rotatable bonds is 4. The van der Waals surface area contributed by atoms with Crippen molar-refractivity contribution in [3.05, 3.63) is 32.9 Å². The lowest BCUT2D eigenvalue weighted by molar-refractivity contribution is 0.902. The smallest absolute Gasteiger partial charge is 0.0226 e. The minimum atomic E-state index is 0.759. The fourth-order valence-corrected chi connectivity index (χ4v) is 2.56. The molecule has 0 atom stereocenters. The van der Waals surface area contributed by atoms with Crippen molar-refractivity contribution < 1.29 is 0 Å². The summed E-state index contributed by atoms with van der Waals surface area (Å²) >= 11 is 8.09. The monoisotopic (exact) mass is 308 g/mol. The maximum atomic E-state index is 5.68. The van der Waals surface area contributed by atoms with Crippen LogP contribution in [0, 0.1) is 3.57 Å². The summed E-state index contributed by atoms with van der Waals surface area (Å²) in [5.74, 6) is 0.759. The summed E-state index contributed by atoms with van der Waals surface area (Å²) in [6.45, 7) is 2.21. The Labute approximate surface area is 98.8 Å². The van der Waals surface area contributed by atoms with E-state index >= 15 is 0 Å². The molecule has 0 saturated heterocycles. The summed E-state index contributed by atoms with van der Waals surface area (Å²) < 4.78 is 1.38. The van der Waals surface area contributed by atoms with Gasteiger partial charge >= 0.3 is 0 Å². The summed E-state index contributed by atoms with van der Waals surface area (Å²) in [5.41, 5.74) is 2.96. The van der Waals surface area contributed by atoms with Gasteiger partial charge in [-0.25, -0.2) is 0 Å². The molecule has 0 aliphatic rings. The van der Waals surface area contributed by atoms with Crippen LogP contribution in [0.15, 0.2) is 18.2 Å². The molecule has 0 fully saturated rings. The maximum Gasteiger partial charge on any atom is 0.0226 e. The molecule has 1 aromatic rings. The van der Waals surface area contributed by atoms with Gasteiger partial charge in [-0.15, -0.1) is 11.6 Å².